The number of benzene rings is 2. The third-order valence-electron chi connectivity index (χ3n) is 7.56. The van der Waals surface area contributed by atoms with E-state index in [1.807, 2.05) is 44.2 Å². The quantitative estimate of drug-likeness (QED) is 0.149. The fourth-order valence-electron chi connectivity index (χ4n) is 5.06. The Morgan fingerprint density at radius 3 is 2.18 bits per heavy atom. The number of amides is 2. The van der Waals surface area contributed by atoms with E-state index in [1.54, 1.807) is 18.2 Å². The zero-order chi connectivity index (χ0) is 31.7. The van der Waals surface area contributed by atoms with E-state index in [9.17, 15) is 18.0 Å². The van der Waals surface area contributed by atoms with E-state index in [2.05, 4.69) is 28.5 Å². The zero-order valence-corrected chi connectivity index (χ0v) is 27.0. The molecule has 0 radical (unpaired) electrons. The van der Waals surface area contributed by atoms with Crippen LogP contribution in [0.4, 0.5) is 5.69 Å². The number of aryl methyl sites for hydroxylation is 2. The molecule has 234 valence electrons. The minimum absolute atomic E-state index is 0.0184. The highest BCUT2D eigenvalue weighted by Gasteiger charge is 2.22. The van der Waals surface area contributed by atoms with Crippen molar-refractivity contribution in [3.8, 4) is 11.1 Å². The van der Waals surface area contributed by atoms with Gasteiger partial charge < -0.3 is 9.88 Å². The lowest BCUT2D eigenvalue weighted by atomic mass is 10.0. The Hall–Kier alpha value is -4.05. The third-order valence-corrected chi connectivity index (χ3v) is 8.99. The van der Waals surface area contributed by atoms with E-state index in [0.717, 1.165) is 72.3 Å². The molecular weight excluding hydrogens is 574 g/mol. The molecule has 0 unspecified atom stereocenters. The Labute approximate surface area is 260 Å². The van der Waals surface area contributed by atoms with Gasteiger partial charge in [0.1, 0.15) is 11.3 Å². The van der Waals surface area contributed by atoms with E-state index in [1.165, 1.54) is 6.07 Å². The Morgan fingerprint density at radius 1 is 0.841 bits per heavy atom. The number of anilines is 1. The minimum Gasteiger partial charge on any atom is -0.324 e. The van der Waals surface area contributed by atoms with Gasteiger partial charge in [0, 0.05) is 24.8 Å². The van der Waals surface area contributed by atoms with Crippen LogP contribution in [0.1, 0.15) is 89.2 Å². The summed E-state index contributed by atoms with van der Waals surface area (Å²) >= 11 is 0. The predicted molar refractivity (Wildman–Crippen MR) is 175 cm³/mol. The molecule has 0 spiro atoms. The lowest BCUT2D eigenvalue weighted by Gasteiger charge is -2.13. The van der Waals surface area contributed by atoms with Crippen molar-refractivity contribution < 1.29 is 18.0 Å². The molecule has 0 fully saturated rings. The maximum absolute atomic E-state index is 13.1. The average molecular weight is 618 g/mol. The zero-order valence-electron chi connectivity index (χ0n) is 26.2. The van der Waals surface area contributed by atoms with Crippen LogP contribution in [0, 0.1) is 6.92 Å². The summed E-state index contributed by atoms with van der Waals surface area (Å²) in [4.78, 5) is 34.5. The minimum atomic E-state index is -4.03. The second-order valence-corrected chi connectivity index (χ2v) is 12.8. The summed E-state index contributed by atoms with van der Waals surface area (Å²) in [6.45, 7) is 8.59. The maximum atomic E-state index is 13.1. The number of pyridine rings is 1. The molecule has 2 N–H and O–H groups in total. The molecule has 2 heterocycles. The number of carbonyl (C=O) groups is 2. The normalized spacial score (nSPS) is 11.5. The van der Waals surface area contributed by atoms with Gasteiger partial charge in [0.2, 0.25) is 11.8 Å². The summed E-state index contributed by atoms with van der Waals surface area (Å²) in [7, 11) is -4.03. The smallest absolute Gasteiger partial charge is 0.264 e. The van der Waals surface area contributed by atoms with Crippen molar-refractivity contribution in [3.05, 3.63) is 71.7 Å². The van der Waals surface area contributed by atoms with Crippen LogP contribution in [0.5, 0.6) is 0 Å². The second-order valence-electron chi connectivity index (χ2n) is 11.2. The highest BCUT2D eigenvalue weighted by molar-refractivity contribution is 7.90. The van der Waals surface area contributed by atoms with Gasteiger partial charge in [-0.1, -0.05) is 82.5 Å². The van der Waals surface area contributed by atoms with Gasteiger partial charge in [0.25, 0.3) is 10.0 Å². The second kappa shape index (κ2) is 15.1. The first-order chi connectivity index (χ1) is 21.2. The average Bonchev–Trinajstić information content (AvgIpc) is 3.33. The summed E-state index contributed by atoms with van der Waals surface area (Å²) in [5.41, 5.74) is 5.19. The fraction of sp³-hybridized carbons (Fsp3) is 0.412. The Bertz CT molecular complexity index is 1710. The molecule has 0 saturated heterocycles. The number of hydrogen-bond donors (Lipinski definition) is 2. The SMILES string of the molecule is CCCCC(=O)Nc1cc2nc(CCCC)n(Cc3ccc(-c4ccccc4S(=O)(=O)NC(=O)CCCC)cc3)c2nc1C. The van der Waals surface area contributed by atoms with Crippen LogP contribution in [-0.4, -0.2) is 34.8 Å². The lowest BCUT2D eigenvalue weighted by molar-refractivity contribution is -0.119. The number of nitrogens with zero attached hydrogens (tertiary/aromatic N) is 3. The maximum Gasteiger partial charge on any atom is 0.264 e. The molecule has 0 bridgehead atoms. The first-order valence-corrected chi connectivity index (χ1v) is 17.1. The number of unbranched alkanes of at least 4 members (excludes halogenated alkanes) is 3. The number of aromatic nitrogens is 3. The molecule has 0 aliphatic carbocycles. The highest BCUT2D eigenvalue weighted by Crippen LogP contribution is 2.29. The topological polar surface area (TPSA) is 123 Å². The van der Waals surface area contributed by atoms with Crippen LogP contribution in [0.15, 0.2) is 59.5 Å². The number of imidazole rings is 1. The van der Waals surface area contributed by atoms with Crippen molar-refractivity contribution in [1.29, 1.82) is 0 Å². The molecule has 0 saturated carbocycles. The first-order valence-electron chi connectivity index (χ1n) is 15.6. The van der Waals surface area contributed by atoms with Crippen molar-refractivity contribution in [2.24, 2.45) is 0 Å². The first kappa shape index (κ1) is 32.9. The van der Waals surface area contributed by atoms with Crippen LogP contribution in [0.2, 0.25) is 0 Å². The van der Waals surface area contributed by atoms with Gasteiger partial charge >= 0.3 is 0 Å². The number of rotatable bonds is 15. The predicted octanol–water partition coefficient (Wildman–Crippen LogP) is 6.92. The monoisotopic (exact) mass is 617 g/mol. The molecule has 4 rings (SSSR count). The number of nitrogens with one attached hydrogen (secondary N) is 2. The molecule has 9 nitrogen and oxygen atoms in total. The van der Waals surface area contributed by atoms with Crippen LogP contribution < -0.4 is 10.0 Å². The van der Waals surface area contributed by atoms with Crippen LogP contribution >= 0.6 is 0 Å². The molecule has 0 aliphatic rings. The Kier molecular flexibility index (Phi) is 11.3. The molecule has 10 heteroatoms. The van der Waals surface area contributed by atoms with Crippen LogP contribution in [-0.2, 0) is 32.6 Å². The largest absolute Gasteiger partial charge is 0.324 e. The van der Waals surface area contributed by atoms with Gasteiger partial charge in [0.05, 0.1) is 22.8 Å². The number of sulfonamides is 1. The molecule has 44 heavy (non-hydrogen) atoms. The van der Waals surface area contributed by atoms with Gasteiger partial charge in [-0.3, -0.25) is 9.59 Å². The molecule has 0 aliphatic heterocycles. The molecule has 2 aromatic carbocycles. The Balaban J connectivity index is 1.62. The highest BCUT2D eigenvalue weighted by atomic mass is 32.2. The molecular formula is C34H43N5O4S. The molecule has 0 atom stereocenters. The Morgan fingerprint density at radius 2 is 1.50 bits per heavy atom. The molecule has 2 amide bonds. The van der Waals surface area contributed by atoms with E-state index in [-0.39, 0.29) is 17.2 Å². The summed E-state index contributed by atoms with van der Waals surface area (Å²) < 4.78 is 30.6. The number of fused-ring (bicyclic) bond motifs is 1. The van der Waals surface area contributed by atoms with Crippen molar-refractivity contribution in [1.82, 2.24) is 19.3 Å². The van der Waals surface area contributed by atoms with Crippen LogP contribution in [0.3, 0.4) is 0 Å². The van der Waals surface area contributed by atoms with E-state index < -0.39 is 15.9 Å². The van der Waals surface area contributed by atoms with E-state index in [4.69, 9.17) is 9.97 Å². The summed E-state index contributed by atoms with van der Waals surface area (Å²) in [5, 5.41) is 3.00. The van der Waals surface area contributed by atoms with Gasteiger partial charge in [-0.05, 0) is 49.4 Å². The van der Waals surface area contributed by atoms with Gasteiger partial charge in [-0.2, -0.15) is 0 Å². The van der Waals surface area contributed by atoms with Crippen molar-refractivity contribution in [2.45, 2.75) is 96.9 Å². The standard InChI is InChI=1S/C34H43N5O4S/c1-5-8-15-31-36-29-22-28(37-32(40)16-9-6-2)24(4)35-34(29)39(31)23-25-18-20-26(21-19-25)27-13-11-12-14-30(27)44(42,43)38-33(41)17-10-7-3/h11-14,18-22H,5-10,15-17,23H2,1-4H3,(H,37,40)(H,38,41). The van der Waals surface area contributed by atoms with Gasteiger partial charge in [-0.15, -0.1) is 0 Å². The van der Waals surface area contributed by atoms with E-state index >= 15 is 0 Å². The van der Waals surface area contributed by atoms with Gasteiger partial charge in [-0.25, -0.2) is 23.1 Å². The summed E-state index contributed by atoms with van der Waals surface area (Å²) in [6.07, 6.45) is 6.69. The molecule has 2 aromatic heterocycles. The summed E-state index contributed by atoms with van der Waals surface area (Å²) in [6, 6.07) is 16.4. The lowest BCUT2D eigenvalue weighted by Crippen LogP contribution is -2.30. The van der Waals surface area contributed by atoms with E-state index in [0.29, 0.717) is 30.6 Å². The third kappa shape index (κ3) is 8.11. The number of carbonyl (C=O) groups excluding carboxylic acids is 2. The van der Waals surface area contributed by atoms with Crippen LogP contribution in [0.25, 0.3) is 22.3 Å². The van der Waals surface area contributed by atoms with Gasteiger partial charge in [0.15, 0.2) is 5.65 Å². The van der Waals surface area contributed by atoms with Crippen molar-refractivity contribution in [2.75, 3.05) is 5.32 Å². The number of hydrogen-bond acceptors (Lipinski definition) is 6. The van der Waals surface area contributed by atoms with Crippen molar-refractivity contribution in [3.63, 3.8) is 0 Å². The summed E-state index contributed by atoms with van der Waals surface area (Å²) in [5.74, 6) is 0.413. The molecule has 4 aromatic rings. The fourth-order valence-corrected chi connectivity index (χ4v) is 6.30. The van der Waals surface area contributed by atoms with Crippen molar-refractivity contribution >= 4 is 38.7 Å².